The van der Waals surface area contributed by atoms with Crippen LogP contribution in [0.15, 0.2) is 30.3 Å². The molecule has 4 heteroatoms. The van der Waals surface area contributed by atoms with Gasteiger partial charge in [0.1, 0.15) is 25.0 Å². The van der Waals surface area contributed by atoms with Gasteiger partial charge in [-0.1, -0.05) is 64.2 Å². The molecule has 0 amide bonds. The molecule has 25 heavy (non-hydrogen) atoms. The number of hydrogen-bond acceptors (Lipinski definition) is 3. The van der Waals surface area contributed by atoms with Crippen molar-refractivity contribution in [3.05, 3.63) is 35.9 Å². The predicted molar refractivity (Wildman–Crippen MR) is 105 cm³/mol. The van der Waals surface area contributed by atoms with E-state index in [9.17, 15) is 14.4 Å². The summed E-state index contributed by atoms with van der Waals surface area (Å²) < 4.78 is 0. The van der Waals surface area contributed by atoms with Crippen LogP contribution in [0.4, 0.5) is 0 Å². The molecule has 0 aliphatic heterocycles. The summed E-state index contributed by atoms with van der Waals surface area (Å²) in [6.45, 7) is 15.2. The third kappa shape index (κ3) is 4.54. The summed E-state index contributed by atoms with van der Waals surface area (Å²) in [5.74, 6) is -0.807. The lowest BCUT2D eigenvalue weighted by Crippen LogP contribution is -2.49. The van der Waals surface area contributed by atoms with Crippen LogP contribution in [0.1, 0.15) is 59.4 Å². The Hall–Kier alpha value is -1.55. The Morgan fingerprint density at radius 1 is 0.960 bits per heavy atom. The first-order valence-corrected chi connectivity index (χ1v) is 11.9. The Kier molecular flexibility index (Phi) is 6.33. The van der Waals surface area contributed by atoms with Crippen LogP contribution in [0.5, 0.6) is 0 Å². The molecule has 0 aliphatic rings. The first-order chi connectivity index (χ1) is 11.2. The van der Waals surface area contributed by atoms with E-state index in [1.165, 1.54) is 6.92 Å². The summed E-state index contributed by atoms with van der Waals surface area (Å²) in [5.41, 5.74) is -0.189. The lowest BCUT2D eigenvalue weighted by molar-refractivity contribution is -0.138. The third-order valence-corrected chi connectivity index (χ3v) is 11.3. The van der Waals surface area contributed by atoms with Crippen molar-refractivity contribution in [1.29, 1.82) is 0 Å². The van der Waals surface area contributed by atoms with Gasteiger partial charge in [-0.15, -0.1) is 0 Å². The first-order valence-electron chi connectivity index (χ1n) is 8.86. The highest BCUT2D eigenvalue weighted by Gasteiger charge is 2.46. The number of hydrogen-bond donors (Lipinski definition) is 0. The van der Waals surface area contributed by atoms with Gasteiger partial charge in [0.25, 0.3) is 0 Å². The van der Waals surface area contributed by atoms with Crippen LogP contribution in [0.25, 0.3) is 0 Å². The van der Waals surface area contributed by atoms with Crippen molar-refractivity contribution in [2.24, 2.45) is 5.41 Å². The SMILES string of the molecule is CC(=O)C(C)(C)C(=O)C[C@H](C(=O)[Si](C)(C)C(C)(C)C)c1ccccc1. The van der Waals surface area contributed by atoms with Crippen LogP contribution in [0, 0.1) is 5.41 Å². The highest BCUT2D eigenvalue weighted by atomic mass is 28.3. The van der Waals surface area contributed by atoms with Gasteiger partial charge < -0.3 is 4.79 Å². The van der Waals surface area contributed by atoms with E-state index in [0.717, 1.165) is 5.56 Å². The number of benzene rings is 1. The Balaban J connectivity index is 3.31. The molecule has 138 valence electrons. The van der Waals surface area contributed by atoms with Gasteiger partial charge in [0.2, 0.25) is 0 Å². The fraction of sp³-hybridized carbons (Fsp3) is 0.571. The summed E-state index contributed by atoms with van der Waals surface area (Å²) in [4.78, 5) is 38.1. The molecule has 1 aromatic carbocycles. The normalized spacial score (nSPS) is 14.1. The first kappa shape index (κ1) is 21.5. The Bertz CT molecular complexity index is 651. The zero-order chi connectivity index (χ0) is 19.6. The molecule has 1 rings (SSSR count). The fourth-order valence-electron chi connectivity index (χ4n) is 2.49. The highest BCUT2D eigenvalue weighted by Crippen LogP contribution is 2.41. The van der Waals surface area contributed by atoms with E-state index < -0.39 is 19.4 Å². The molecule has 0 aliphatic carbocycles. The topological polar surface area (TPSA) is 51.2 Å². The van der Waals surface area contributed by atoms with Gasteiger partial charge in [-0.2, -0.15) is 0 Å². The molecule has 0 N–H and O–H groups in total. The van der Waals surface area contributed by atoms with Crippen molar-refractivity contribution in [3.8, 4) is 0 Å². The van der Waals surface area contributed by atoms with E-state index in [2.05, 4.69) is 33.9 Å². The number of carbonyl (C=O) groups is 3. The molecule has 0 fully saturated rings. The summed E-state index contributed by atoms with van der Waals surface area (Å²) in [6.07, 6.45) is 0.0853. The predicted octanol–water partition coefficient (Wildman–Crippen LogP) is 4.96. The summed E-state index contributed by atoms with van der Waals surface area (Å²) in [5, 5.41) is 0.0786. The van der Waals surface area contributed by atoms with E-state index in [0.29, 0.717) is 0 Å². The fourth-order valence-corrected chi connectivity index (χ4v) is 4.37. The van der Waals surface area contributed by atoms with E-state index in [-0.39, 0.29) is 28.4 Å². The zero-order valence-electron chi connectivity index (χ0n) is 16.9. The zero-order valence-corrected chi connectivity index (χ0v) is 17.9. The monoisotopic (exact) mass is 360 g/mol. The molecule has 3 nitrogen and oxygen atoms in total. The van der Waals surface area contributed by atoms with E-state index in [4.69, 9.17) is 0 Å². The number of carbonyl (C=O) groups excluding carboxylic acids is 3. The van der Waals surface area contributed by atoms with Crippen molar-refractivity contribution in [3.63, 3.8) is 0 Å². The molecule has 0 aromatic heterocycles. The molecule has 0 spiro atoms. The lowest BCUT2D eigenvalue weighted by atomic mass is 9.79. The summed E-state index contributed by atoms with van der Waals surface area (Å²) in [6, 6.07) is 9.50. The molecule has 1 aromatic rings. The second-order valence-electron chi connectivity index (χ2n) is 9.01. The van der Waals surface area contributed by atoms with Crippen molar-refractivity contribution < 1.29 is 14.4 Å². The third-order valence-electron chi connectivity index (χ3n) is 5.98. The van der Waals surface area contributed by atoms with Crippen LogP contribution >= 0.6 is 0 Å². The summed E-state index contributed by atoms with van der Waals surface area (Å²) in [7, 11) is -2.28. The maximum atomic E-state index is 13.5. The second kappa shape index (κ2) is 7.36. The van der Waals surface area contributed by atoms with Crippen LogP contribution in [-0.4, -0.2) is 25.0 Å². The van der Waals surface area contributed by atoms with Gasteiger partial charge in [-0.3, -0.25) is 9.59 Å². The Labute approximate surface area is 153 Å². The summed E-state index contributed by atoms with van der Waals surface area (Å²) >= 11 is 0. The van der Waals surface area contributed by atoms with Crippen molar-refractivity contribution in [2.45, 2.75) is 72.0 Å². The Morgan fingerprint density at radius 3 is 1.84 bits per heavy atom. The average molecular weight is 361 g/mol. The number of Topliss-reactive ketones (excluding diaryl/α,β-unsaturated/α-hetero) is 2. The Morgan fingerprint density at radius 2 is 1.44 bits per heavy atom. The molecule has 0 saturated carbocycles. The molecule has 0 heterocycles. The van der Waals surface area contributed by atoms with Gasteiger partial charge in [-0.05, 0) is 31.4 Å². The minimum absolute atomic E-state index is 0.0853. The average Bonchev–Trinajstić information content (AvgIpc) is 2.51. The quantitative estimate of drug-likeness (QED) is 0.510. The lowest BCUT2D eigenvalue weighted by Gasteiger charge is -2.38. The van der Waals surface area contributed by atoms with Crippen LogP contribution in [0.3, 0.4) is 0 Å². The van der Waals surface area contributed by atoms with E-state index in [1.807, 2.05) is 30.3 Å². The smallest absolute Gasteiger partial charge is 0.146 e. The van der Waals surface area contributed by atoms with Gasteiger partial charge in [0.05, 0.1) is 5.41 Å². The highest BCUT2D eigenvalue weighted by molar-refractivity contribution is 7.06. The molecular formula is C21H32O3Si. The van der Waals surface area contributed by atoms with Gasteiger partial charge in [0.15, 0.2) is 0 Å². The van der Waals surface area contributed by atoms with Crippen molar-refractivity contribution in [2.75, 3.05) is 0 Å². The largest absolute Gasteiger partial charge is 0.305 e. The standard InChI is InChI=1S/C21H32O3Si/c1-15(22)21(5,6)18(23)14-17(16-12-10-9-11-13-16)19(24)25(7,8)20(2,3)4/h9-13,17H,14H2,1-8H3/t17-/m0/s1. The van der Waals surface area contributed by atoms with E-state index in [1.54, 1.807) is 13.8 Å². The van der Waals surface area contributed by atoms with Crippen molar-refractivity contribution in [1.82, 2.24) is 0 Å². The van der Waals surface area contributed by atoms with Gasteiger partial charge in [-0.25, -0.2) is 0 Å². The minimum atomic E-state index is -2.28. The van der Waals surface area contributed by atoms with Crippen molar-refractivity contribution >= 4 is 25.0 Å². The molecule has 0 saturated heterocycles. The van der Waals surface area contributed by atoms with Crippen LogP contribution in [0.2, 0.25) is 18.1 Å². The van der Waals surface area contributed by atoms with Gasteiger partial charge >= 0.3 is 0 Å². The van der Waals surface area contributed by atoms with Crippen LogP contribution in [-0.2, 0) is 14.4 Å². The van der Waals surface area contributed by atoms with Crippen LogP contribution < -0.4 is 0 Å². The molecule has 0 unspecified atom stereocenters. The number of rotatable bonds is 7. The van der Waals surface area contributed by atoms with Gasteiger partial charge in [0, 0.05) is 12.3 Å². The maximum Gasteiger partial charge on any atom is 0.146 e. The minimum Gasteiger partial charge on any atom is -0.305 e. The molecule has 0 radical (unpaired) electrons. The number of ketones is 2. The van der Waals surface area contributed by atoms with E-state index >= 15 is 0 Å². The molecule has 0 bridgehead atoms. The maximum absolute atomic E-state index is 13.5. The molecular weight excluding hydrogens is 328 g/mol. The second-order valence-corrected chi connectivity index (χ2v) is 14.3. The molecule has 1 atom stereocenters.